The van der Waals surface area contributed by atoms with Crippen LogP contribution in [0, 0.1) is 5.92 Å². The van der Waals surface area contributed by atoms with Crippen molar-refractivity contribution in [3.63, 3.8) is 0 Å². The van der Waals surface area contributed by atoms with E-state index in [0.717, 1.165) is 41.1 Å². The molecule has 82 valence electrons. The average Bonchev–Trinajstić information content (AvgIpc) is 2.16. The quantitative estimate of drug-likeness (QED) is 0.753. The fourth-order valence-electron chi connectivity index (χ4n) is 1.81. The summed E-state index contributed by atoms with van der Waals surface area (Å²) in [5, 5.41) is 1.53. The number of likely N-dealkylation sites (tertiary alicyclic amines) is 1. The Kier molecular flexibility index (Phi) is 3.78. The van der Waals surface area contributed by atoms with Crippen molar-refractivity contribution in [3.8, 4) is 0 Å². The third-order valence-electron chi connectivity index (χ3n) is 2.65. The normalized spacial score (nSPS) is 17.8. The first kappa shape index (κ1) is 11.5. The summed E-state index contributed by atoms with van der Waals surface area (Å²) in [6.45, 7) is 2.99. The maximum absolute atomic E-state index is 6.08. The molecule has 1 aromatic rings. The predicted octanol–water partition coefficient (Wildman–Crippen LogP) is 3.66. The van der Waals surface area contributed by atoms with Gasteiger partial charge in [0.2, 0.25) is 0 Å². The van der Waals surface area contributed by atoms with Gasteiger partial charge in [0.25, 0.3) is 0 Å². The zero-order chi connectivity index (χ0) is 10.8. The van der Waals surface area contributed by atoms with Crippen LogP contribution in [-0.2, 0) is 6.54 Å². The molecule has 0 bridgehead atoms. The van der Waals surface area contributed by atoms with Gasteiger partial charge in [0.05, 0.1) is 0 Å². The molecule has 2 rings (SSSR count). The molecular weight excluding hydrogens is 252 g/mol. The molecule has 0 aliphatic carbocycles. The van der Waals surface area contributed by atoms with Crippen molar-refractivity contribution in [2.45, 2.75) is 6.54 Å². The van der Waals surface area contributed by atoms with Crippen LogP contribution < -0.4 is 0 Å². The largest absolute Gasteiger partial charge is 0.298 e. The summed E-state index contributed by atoms with van der Waals surface area (Å²) in [6, 6.07) is 5.58. The highest BCUT2D eigenvalue weighted by atomic mass is 35.5. The van der Waals surface area contributed by atoms with Crippen LogP contribution in [0.1, 0.15) is 5.56 Å². The first-order chi connectivity index (χ1) is 7.19. The molecule has 0 aromatic heterocycles. The third-order valence-corrected chi connectivity index (χ3v) is 3.69. The number of alkyl halides is 1. The molecule has 0 spiro atoms. The average molecular weight is 265 g/mol. The van der Waals surface area contributed by atoms with E-state index in [4.69, 9.17) is 34.8 Å². The lowest BCUT2D eigenvalue weighted by Gasteiger charge is -2.38. The second-order valence-electron chi connectivity index (χ2n) is 3.95. The fraction of sp³-hybridized carbons (Fsp3) is 0.455. The van der Waals surface area contributed by atoms with Crippen molar-refractivity contribution >= 4 is 34.8 Å². The lowest BCUT2D eigenvalue weighted by Crippen LogP contribution is -2.46. The third kappa shape index (κ3) is 2.79. The summed E-state index contributed by atoms with van der Waals surface area (Å²) >= 11 is 17.8. The van der Waals surface area contributed by atoms with Crippen molar-refractivity contribution in [1.82, 2.24) is 4.90 Å². The highest BCUT2D eigenvalue weighted by Crippen LogP contribution is 2.25. The van der Waals surface area contributed by atoms with Gasteiger partial charge < -0.3 is 0 Å². The molecule has 4 heteroatoms. The molecule has 1 aliphatic rings. The van der Waals surface area contributed by atoms with Crippen molar-refractivity contribution in [2.75, 3.05) is 19.0 Å². The minimum Gasteiger partial charge on any atom is -0.298 e. The molecule has 1 heterocycles. The Balaban J connectivity index is 1.97. The van der Waals surface area contributed by atoms with Crippen LogP contribution in [0.5, 0.6) is 0 Å². The summed E-state index contributed by atoms with van der Waals surface area (Å²) in [6.07, 6.45) is 0. The van der Waals surface area contributed by atoms with Crippen LogP contribution in [0.2, 0.25) is 10.0 Å². The Morgan fingerprint density at radius 3 is 2.67 bits per heavy atom. The van der Waals surface area contributed by atoms with Gasteiger partial charge in [-0.25, -0.2) is 0 Å². The fourth-order valence-corrected chi connectivity index (χ4v) is 2.38. The van der Waals surface area contributed by atoms with E-state index in [1.807, 2.05) is 18.2 Å². The smallest absolute Gasteiger partial charge is 0.0452 e. The Hall–Kier alpha value is 0.0500. The Morgan fingerprint density at radius 1 is 1.27 bits per heavy atom. The zero-order valence-corrected chi connectivity index (χ0v) is 10.5. The van der Waals surface area contributed by atoms with Gasteiger partial charge in [-0.2, -0.15) is 0 Å². The summed E-state index contributed by atoms with van der Waals surface area (Å²) in [5.41, 5.74) is 1.09. The van der Waals surface area contributed by atoms with Gasteiger partial charge in [-0.3, -0.25) is 4.90 Å². The Bertz CT molecular complexity index is 348. The molecule has 0 amide bonds. The molecule has 1 nitrogen and oxygen atoms in total. The van der Waals surface area contributed by atoms with E-state index >= 15 is 0 Å². The first-order valence-electron chi connectivity index (χ1n) is 4.91. The lowest BCUT2D eigenvalue weighted by atomic mass is 10.0. The number of hydrogen-bond acceptors (Lipinski definition) is 1. The number of hydrogen-bond donors (Lipinski definition) is 0. The van der Waals surface area contributed by atoms with E-state index in [1.54, 1.807) is 0 Å². The van der Waals surface area contributed by atoms with Crippen LogP contribution in [0.15, 0.2) is 18.2 Å². The molecule has 1 aromatic carbocycles. The molecule has 1 fully saturated rings. The second-order valence-corrected chi connectivity index (χ2v) is 5.10. The molecule has 0 saturated carbocycles. The van der Waals surface area contributed by atoms with Crippen molar-refractivity contribution < 1.29 is 0 Å². The standard InChI is InChI=1S/C11H12Cl3N/c12-4-8-5-15(6-8)7-9-3-10(13)1-2-11(9)14/h1-3,8H,4-7H2. The minimum atomic E-state index is 0.643. The molecule has 0 unspecified atom stereocenters. The number of rotatable bonds is 3. The van der Waals surface area contributed by atoms with Gasteiger partial charge in [0.15, 0.2) is 0 Å². The molecule has 0 radical (unpaired) electrons. The predicted molar refractivity (Wildman–Crippen MR) is 65.9 cm³/mol. The van der Waals surface area contributed by atoms with Crippen molar-refractivity contribution in [1.29, 1.82) is 0 Å². The molecule has 0 N–H and O–H groups in total. The number of nitrogens with zero attached hydrogens (tertiary/aromatic N) is 1. The van der Waals surface area contributed by atoms with Gasteiger partial charge in [-0.1, -0.05) is 23.2 Å². The van der Waals surface area contributed by atoms with Gasteiger partial charge in [0.1, 0.15) is 0 Å². The van der Waals surface area contributed by atoms with Gasteiger partial charge in [-0.15, -0.1) is 11.6 Å². The molecule has 1 aliphatic heterocycles. The lowest BCUT2D eigenvalue weighted by molar-refractivity contribution is 0.107. The molecule has 1 saturated heterocycles. The van der Waals surface area contributed by atoms with E-state index in [2.05, 4.69) is 4.90 Å². The van der Waals surface area contributed by atoms with Crippen molar-refractivity contribution in [2.24, 2.45) is 5.92 Å². The molecule has 0 atom stereocenters. The van der Waals surface area contributed by atoms with Crippen LogP contribution in [-0.4, -0.2) is 23.9 Å². The van der Waals surface area contributed by atoms with Gasteiger partial charge in [-0.05, 0) is 29.7 Å². The maximum Gasteiger partial charge on any atom is 0.0452 e. The van der Waals surface area contributed by atoms with Crippen LogP contribution in [0.25, 0.3) is 0 Å². The second kappa shape index (κ2) is 4.92. The van der Waals surface area contributed by atoms with Crippen LogP contribution >= 0.6 is 34.8 Å². The summed E-state index contributed by atoms with van der Waals surface area (Å²) in [7, 11) is 0. The Morgan fingerprint density at radius 2 is 2.00 bits per heavy atom. The first-order valence-corrected chi connectivity index (χ1v) is 6.20. The topological polar surface area (TPSA) is 3.24 Å². The van der Waals surface area contributed by atoms with E-state index in [0.29, 0.717) is 5.92 Å². The van der Waals surface area contributed by atoms with E-state index < -0.39 is 0 Å². The van der Waals surface area contributed by atoms with Crippen molar-refractivity contribution in [3.05, 3.63) is 33.8 Å². The monoisotopic (exact) mass is 263 g/mol. The number of benzene rings is 1. The summed E-state index contributed by atoms with van der Waals surface area (Å²) < 4.78 is 0. The summed E-state index contributed by atoms with van der Waals surface area (Å²) in [5.74, 6) is 1.39. The maximum atomic E-state index is 6.08. The van der Waals surface area contributed by atoms with Gasteiger partial charge in [0, 0.05) is 35.6 Å². The molecular formula is C11H12Cl3N. The van der Waals surface area contributed by atoms with E-state index in [-0.39, 0.29) is 0 Å². The zero-order valence-electron chi connectivity index (χ0n) is 8.22. The van der Waals surface area contributed by atoms with Crippen LogP contribution in [0.3, 0.4) is 0 Å². The summed E-state index contributed by atoms with van der Waals surface area (Å²) in [4.78, 5) is 2.32. The Labute approximate surface area is 105 Å². The minimum absolute atomic E-state index is 0.643. The van der Waals surface area contributed by atoms with E-state index in [9.17, 15) is 0 Å². The van der Waals surface area contributed by atoms with Crippen LogP contribution in [0.4, 0.5) is 0 Å². The number of halogens is 3. The highest BCUT2D eigenvalue weighted by Gasteiger charge is 2.25. The van der Waals surface area contributed by atoms with Gasteiger partial charge >= 0.3 is 0 Å². The highest BCUT2D eigenvalue weighted by molar-refractivity contribution is 6.33. The SMILES string of the molecule is ClCC1CN(Cc2cc(Cl)ccc2Cl)C1. The molecule has 15 heavy (non-hydrogen) atoms. The van der Waals surface area contributed by atoms with E-state index in [1.165, 1.54) is 0 Å².